The highest BCUT2D eigenvalue weighted by Gasteiger charge is 2.35. The Morgan fingerprint density at radius 3 is 2.83 bits per heavy atom. The summed E-state index contributed by atoms with van der Waals surface area (Å²) < 4.78 is 0. The summed E-state index contributed by atoms with van der Waals surface area (Å²) in [5.41, 5.74) is 1.58. The predicted octanol–water partition coefficient (Wildman–Crippen LogP) is 2.56. The maximum atomic E-state index is 3.55. The van der Waals surface area contributed by atoms with E-state index in [2.05, 4.69) is 54.4 Å². The number of hydrogen-bond donors (Lipinski definition) is 1. The van der Waals surface area contributed by atoms with E-state index in [4.69, 9.17) is 0 Å². The Labute approximate surface area is 115 Å². The largest absolute Gasteiger partial charge is 0.313 e. The van der Waals surface area contributed by atoms with E-state index in [9.17, 15) is 0 Å². The minimum Gasteiger partial charge on any atom is -0.313 e. The molecule has 1 aromatic rings. The van der Waals surface area contributed by atoms with Crippen LogP contribution in [0.5, 0.6) is 0 Å². The summed E-state index contributed by atoms with van der Waals surface area (Å²) in [7, 11) is 0. The van der Waals surface area contributed by atoms with E-state index in [0.717, 1.165) is 19.6 Å². The number of benzene rings is 1. The van der Waals surface area contributed by atoms with Crippen LogP contribution in [0.25, 0.3) is 0 Å². The lowest BCUT2D eigenvalue weighted by Crippen LogP contribution is -2.57. The fraction of sp³-hybridized carbons (Fsp3) is 0.600. The predicted molar refractivity (Wildman–Crippen MR) is 81.2 cm³/mol. The Morgan fingerprint density at radius 2 is 2.11 bits per heavy atom. The molecule has 1 atom stereocenters. The van der Waals surface area contributed by atoms with Crippen LogP contribution in [0.4, 0.5) is 0 Å². The smallest absolute Gasteiger partial charge is 0.0558 e. The molecule has 1 saturated heterocycles. The fourth-order valence-corrected chi connectivity index (χ4v) is 3.30. The molecule has 1 fully saturated rings. The van der Waals surface area contributed by atoms with Crippen LogP contribution in [0, 0.1) is 0 Å². The molecule has 0 aliphatic carbocycles. The highest BCUT2D eigenvalue weighted by Crippen LogP contribution is 2.29. The Morgan fingerprint density at radius 1 is 1.33 bits per heavy atom. The molecule has 0 amide bonds. The molecule has 1 N–H and O–H groups in total. The lowest BCUT2D eigenvalue weighted by molar-refractivity contribution is 0.0805. The summed E-state index contributed by atoms with van der Waals surface area (Å²) in [6.45, 7) is 9.10. The van der Waals surface area contributed by atoms with Gasteiger partial charge in [-0.3, -0.25) is 4.90 Å². The van der Waals surface area contributed by atoms with Crippen molar-refractivity contribution < 1.29 is 0 Å². The van der Waals surface area contributed by atoms with Crippen molar-refractivity contribution in [1.29, 1.82) is 0 Å². The summed E-state index contributed by atoms with van der Waals surface area (Å²) in [4.78, 5) is 2.64. The molecular formula is C15H24N2S. The molecular weight excluding hydrogens is 240 g/mol. The first kappa shape index (κ1) is 13.9. The normalized spacial score (nSPS) is 25.2. The molecule has 0 radical (unpaired) electrons. The lowest BCUT2D eigenvalue weighted by Gasteiger charge is -2.45. The average Bonchev–Trinajstić information content (AvgIpc) is 2.42. The van der Waals surface area contributed by atoms with Crippen molar-refractivity contribution >= 4 is 11.8 Å². The van der Waals surface area contributed by atoms with Gasteiger partial charge in [0.1, 0.15) is 0 Å². The van der Waals surface area contributed by atoms with Crippen LogP contribution in [-0.2, 0) is 5.54 Å². The summed E-state index contributed by atoms with van der Waals surface area (Å²) in [6.07, 6.45) is 0. The Balaban J connectivity index is 2.11. The summed E-state index contributed by atoms with van der Waals surface area (Å²) >= 11 is 2.04. The van der Waals surface area contributed by atoms with Gasteiger partial charge < -0.3 is 5.32 Å². The first-order valence-corrected chi connectivity index (χ1v) is 8.02. The molecule has 0 aromatic heterocycles. The van der Waals surface area contributed by atoms with Crippen molar-refractivity contribution in [3.63, 3.8) is 0 Å². The minimum atomic E-state index is 0.147. The number of piperazine rings is 1. The Kier molecular flexibility index (Phi) is 5.10. The molecule has 2 rings (SSSR count). The number of hydrogen-bond acceptors (Lipinski definition) is 3. The van der Waals surface area contributed by atoms with E-state index in [0.29, 0.717) is 0 Å². The quantitative estimate of drug-likeness (QED) is 0.823. The molecule has 1 aliphatic rings. The van der Waals surface area contributed by atoms with Gasteiger partial charge in [-0.25, -0.2) is 0 Å². The van der Waals surface area contributed by atoms with E-state index in [1.54, 1.807) is 0 Å². The zero-order chi connectivity index (χ0) is 12.8. The molecule has 1 heterocycles. The highest BCUT2D eigenvalue weighted by atomic mass is 32.2. The number of thioether (sulfide) groups is 1. The van der Waals surface area contributed by atoms with Gasteiger partial charge >= 0.3 is 0 Å². The minimum absolute atomic E-state index is 0.147. The second-order valence-corrected chi connectivity index (χ2v) is 6.39. The van der Waals surface area contributed by atoms with Gasteiger partial charge in [0.15, 0.2) is 0 Å². The topological polar surface area (TPSA) is 15.3 Å². The van der Waals surface area contributed by atoms with Crippen LogP contribution in [0.15, 0.2) is 30.3 Å². The van der Waals surface area contributed by atoms with Crippen LogP contribution in [-0.4, -0.2) is 42.6 Å². The zero-order valence-corrected chi connectivity index (χ0v) is 12.3. The van der Waals surface area contributed by atoms with Crippen LogP contribution >= 0.6 is 11.8 Å². The second-order valence-electron chi connectivity index (χ2n) is 5.00. The fourth-order valence-electron chi connectivity index (χ4n) is 2.66. The number of nitrogens with one attached hydrogen (secondary N) is 1. The summed E-state index contributed by atoms with van der Waals surface area (Å²) in [5.74, 6) is 2.45. The molecule has 0 spiro atoms. The van der Waals surface area contributed by atoms with Crippen molar-refractivity contribution in [3.8, 4) is 0 Å². The maximum absolute atomic E-state index is 3.55. The number of rotatable bonds is 5. The summed E-state index contributed by atoms with van der Waals surface area (Å²) in [5, 5.41) is 3.55. The SMILES string of the molecule is CCSCCN1CCNCC1(C)c1ccccc1. The van der Waals surface area contributed by atoms with Gasteiger partial charge in [-0.05, 0) is 18.2 Å². The van der Waals surface area contributed by atoms with Gasteiger partial charge in [0.2, 0.25) is 0 Å². The van der Waals surface area contributed by atoms with Gasteiger partial charge in [0.05, 0.1) is 5.54 Å². The van der Waals surface area contributed by atoms with E-state index in [1.165, 1.54) is 23.6 Å². The molecule has 1 aliphatic heterocycles. The number of nitrogens with zero attached hydrogens (tertiary/aromatic N) is 1. The van der Waals surface area contributed by atoms with E-state index >= 15 is 0 Å². The van der Waals surface area contributed by atoms with Crippen molar-refractivity contribution in [2.45, 2.75) is 19.4 Å². The molecule has 0 saturated carbocycles. The highest BCUT2D eigenvalue weighted by molar-refractivity contribution is 7.99. The average molecular weight is 264 g/mol. The third-order valence-electron chi connectivity index (χ3n) is 3.83. The van der Waals surface area contributed by atoms with Gasteiger partial charge in [0, 0.05) is 31.9 Å². The lowest BCUT2D eigenvalue weighted by atomic mass is 9.88. The molecule has 3 heteroatoms. The Bertz CT molecular complexity index is 355. The van der Waals surface area contributed by atoms with Crippen LogP contribution in [0.2, 0.25) is 0 Å². The molecule has 18 heavy (non-hydrogen) atoms. The van der Waals surface area contributed by atoms with E-state index < -0.39 is 0 Å². The van der Waals surface area contributed by atoms with Crippen LogP contribution < -0.4 is 5.32 Å². The van der Waals surface area contributed by atoms with Gasteiger partial charge in [0.25, 0.3) is 0 Å². The second kappa shape index (κ2) is 6.60. The van der Waals surface area contributed by atoms with Gasteiger partial charge in [-0.15, -0.1) is 0 Å². The van der Waals surface area contributed by atoms with E-state index in [-0.39, 0.29) is 5.54 Å². The first-order chi connectivity index (χ1) is 8.77. The standard InChI is InChI=1S/C15H24N2S/c1-3-18-12-11-17-10-9-16-13-15(17,2)14-7-5-4-6-8-14/h4-8,16H,3,9-13H2,1-2H3. The van der Waals surface area contributed by atoms with Crippen LogP contribution in [0.3, 0.4) is 0 Å². The third kappa shape index (κ3) is 3.08. The van der Waals surface area contributed by atoms with Crippen molar-refractivity contribution in [3.05, 3.63) is 35.9 Å². The van der Waals surface area contributed by atoms with E-state index in [1.807, 2.05) is 11.8 Å². The van der Waals surface area contributed by atoms with Crippen molar-refractivity contribution in [2.75, 3.05) is 37.7 Å². The third-order valence-corrected chi connectivity index (χ3v) is 4.71. The van der Waals surface area contributed by atoms with Gasteiger partial charge in [-0.1, -0.05) is 37.3 Å². The molecule has 1 aromatic carbocycles. The molecule has 0 bridgehead atoms. The molecule has 2 nitrogen and oxygen atoms in total. The molecule has 100 valence electrons. The van der Waals surface area contributed by atoms with Crippen molar-refractivity contribution in [1.82, 2.24) is 10.2 Å². The first-order valence-electron chi connectivity index (χ1n) is 6.86. The Hall–Kier alpha value is -0.510. The zero-order valence-electron chi connectivity index (χ0n) is 11.5. The van der Waals surface area contributed by atoms with Crippen LogP contribution in [0.1, 0.15) is 19.4 Å². The monoisotopic (exact) mass is 264 g/mol. The molecule has 1 unspecified atom stereocenters. The summed E-state index contributed by atoms with van der Waals surface area (Å²) in [6, 6.07) is 10.9. The van der Waals surface area contributed by atoms with Gasteiger partial charge in [-0.2, -0.15) is 11.8 Å². The van der Waals surface area contributed by atoms with Crippen molar-refractivity contribution in [2.24, 2.45) is 0 Å². The maximum Gasteiger partial charge on any atom is 0.0558 e.